The highest BCUT2D eigenvalue weighted by atomic mass is 32.2. The zero-order chi connectivity index (χ0) is 11.1. The molecular weight excluding hydrogens is 216 g/mol. The minimum atomic E-state index is -4.42. The van der Waals surface area contributed by atoms with Crippen LogP contribution >= 0.6 is 0 Å². The first-order chi connectivity index (χ1) is 6.98. The molecule has 5 heteroatoms. The zero-order valence-electron chi connectivity index (χ0n) is 8.00. The Balaban J connectivity index is 2.32. The smallest absolute Gasteiger partial charge is 0.296 e. The normalized spacial score (nSPS) is 18.8. The molecule has 0 bridgehead atoms. The van der Waals surface area contributed by atoms with Crippen LogP contribution in [0.3, 0.4) is 0 Å². The fraction of sp³-hybridized carbons (Fsp3) is 0.400. The number of aliphatic hydroxyl groups is 1. The van der Waals surface area contributed by atoms with E-state index in [1.165, 1.54) is 6.07 Å². The molecule has 0 saturated heterocycles. The standard InChI is InChI=1S/C10H12O4S/c11-10(15(12,13)14)9-3-1-2-8(6-9)7-4-5-7/h1-3,6-7,10-11H,4-5H2,(H,12,13,14). The lowest BCUT2D eigenvalue weighted by atomic mass is 10.1. The molecule has 1 saturated carbocycles. The van der Waals surface area contributed by atoms with Crippen LogP contribution in [0.5, 0.6) is 0 Å². The summed E-state index contributed by atoms with van der Waals surface area (Å²) in [4.78, 5) is 0. The van der Waals surface area contributed by atoms with Gasteiger partial charge in [-0.15, -0.1) is 0 Å². The molecule has 0 spiro atoms. The molecule has 1 aromatic carbocycles. The fourth-order valence-corrected chi connectivity index (χ4v) is 2.05. The molecule has 0 amide bonds. The summed E-state index contributed by atoms with van der Waals surface area (Å²) in [5.74, 6) is 0.485. The third-order valence-corrected chi connectivity index (χ3v) is 3.36. The lowest BCUT2D eigenvalue weighted by Crippen LogP contribution is -2.11. The number of hydrogen-bond donors (Lipinski definition) is 2. The van der Waals surface area contributed by atoms with Crippen LogP contribution in [-0.4, -0.2) is 18.1 Å². The highest BCUT2D eigenvalue weighted by Crippen LogP contribution is 2.40. The van der Waals surface area contributed by atoms with E-state index in [1.807, 2.05) is 6.07 Å². The quantitative estimate of drug-likeness (QED) is 0.768. The molecule has 2 rings (SSSR count). The Morgan fingerprint density at radius 2 is 2.00 bits per heavy atom. The van der Waals surface area contributed by atoms with Crippen LogP contribution in [0, 0.1) is 0 Å². The van der Waals surface area contributed by atoms with Crippen LogP contribution in [0.1, 0.15) is 35.3 Å². The summed E-state index contributed by atoms with van der Waals surface area (Å²) in [6, 6.07) is 6.72. The Morgan fingerprint density at radius 1 is 1.33 bits per heavy atom. The van der Waals surface area contributed by atoms with E-state index in [0.29, 0.717) is 5.92 Å². The molecule has 1 aliphatic rings. The van der Waals surface area contributed by atoms with Gasteiger partial charge in [0.15, 0.2) is 0 Å². The van der Waals surface area contributed by atoms with Gasteiger partial charge in [-0.05, 0) is 29.9 Å². The maximum atomic E-state index is 10.7. The van der Waals surface area contributed by atoms with E-state index in [1.54, 1.807) is 12.1 Å². The Labute approximate surface area is 88.3 Å². The summed E-state index contributed by atoms with van der Waals surface area (Å²) in [6.45, 7) is 0. The molecule has 0 radical (unpaired) electrons. The van der Waals surface area contributed by atoms with Gasteiger partial charge in [0.25, 0.3) is 10.1 Å². The van der Waals surface area contributed by atoms with Gasteiger partial charge in [-0.3, -0.25) is 4.55 Å². The molecule has 82 valence electrons. The van der Waals surface area contributed by atoms with Crippen LogP contribution in [0.2, 0.25) is 0 Å². The lowest BCUT2D eigenvalue weighted by molar-refractivity contribution is 0.238. The first-order valence-electron chi connectivity index (χ1n) is 4.73. The van der Waals surface area contributed by atoms with Crippen molar-refractivity contribution in [2.24, 2.45) is 0 Å². The van der Waals surface area contributed by atoms with Crippen molar-refractivity contribution in [2.45, 2.75) is 24.2 Å². The first-order valence-corrected chi connectivity index (χ1v) is 6.23. The number of aliphatic hydroxyl groups excluding tert-OH is 1. The van der Waals surface area contributed by atoms with Crippen LogP contribution in [0.4, 0.5) is 0 Å². The molecule has 1 aliphatic carbocycles. The van der Waals surface area contributed by atoms with E-state index in [2.05, 4.69) is 0 Å². The zero-order valence-corrected chi connectivity index (χ0v) is 8.81. The molecule has 0 aliphatic heterocycles. The third-order valence-electron chi connectivity index (χ3n) is 2.53. The van der Waals surface area contributed by atoms with E-state index in [9.17, 15) is 13.5 Å². The number of rotatable bonds is 3. The van der Waals surface area contributed by atoms with E-state index in [-0.39, 0.29) is 5.56 Å². The molecule has 2 N–H and O–H groups in total. The molecule has 1 aromatic rings. The van der Waals surface area contributed by atoms with Crippen molar-refractivity contribution in [3.63, 3.8) is 0 Å². The second-order valence-corrected chi connectivity index (χ2v) is 5.29. The summed E-state index contributed by atoms with van der Waals surface area (Å²) in [5.41, 5.74) is -0.590. The van der Waals surface area contributed by atoms with Gasteiger partial charge >= 0.3 is 0 Å². The molecule has 1 unspecified atom stereocenters. The summed E-state index contributed by atoms with van der Waals surface area (Å²) in [7, 11) is -4.42. The van der Waals surface area contributed by atoms with Gasteiger partial charge in [-0.2, -0.15) is 8.42 Å². The summed E-state index contributed by atoms with van der Waals surface area (Å²) in [6.07, 6.45) is 2.21. The first kappa shape index (κ1) is 10.6. The SMILES string of the molecule is O=S(=O)(O)C(O)c1cccc(C2CC2)c1. The molecule has 1 atom stereocenters. The van der Waals surface area contributed by atoms with Gasteiger partial charge in [0.1, 0.15) is 0 Å². The van der Waals surface area contributed by atoms with E-state index in [4.69, 9.17) is 4.55 Å². The van der Waals surface area contributed by atoms with Crippen molar-refractivity contribution in [2.75, 3.05) is 0 Å². The molecule has 0 aromatic heterocycles. The van der Waals surface area contributed by atoms with Crippen molar-refractivity contribution in [1.29, 1.82) is 0 Å². The Morgan fingerprint density at radius 3 is 2.53 bits per heavy atom. The Kier molecular flexibility index (Phi) is 2.54. The van der Waals surface area contributed by atoms with Crippen LogP contribution in [0.25, 0.3) is 0 Å². The summed E-state index contributed by atoms with van der Waals surface area (Å²) >= 11 is 0. The second kappa shape index (κ2) is 3.59. The number of benzene rings is 1. The van der Waals surface area contributed by atoms with E-state index >= 15 is 0 Å². The van der Waals surface area contributed by atoms with Crippen LogP contribution < -0.4 is 0 Å². The average molecular weight is 228 g/mol. The fourth-order valence-electron chi connectivity index (χ4n) is 1.56. The predicted molar refractivity (Wildman–Crippen MR) is 54.9 cm³/mol. The molecule has 15 heavy (non-hydrogen) atoms. The summed E-state index contributed by atoms with van der Waals surface area (Å²) < 4.78 is 30.2. The number of hydrogen-bond acceptors (Lipinski definition) is 3. The van der Waals surface area contributed by atoms with Gasteiger partial charge in [0.2, 0.25) is 5.44 Å². The monoisotopic (exact) mass is 228 g/mol. The second-order valence-electron chi connectivity index (χ2n) is 3.81. The highest BCUT2D eigenvalue weighted by Gasteiger charge is 2.26. The van der Waals surface area contributed by atoms with Gasteiger partial charge in [0.05, 0.1) is 0 Å². The van der Waals surface area contributed by atoms with Gasteiger partial charge in [-0.25, -0.2) is 0 Å². The van der Waals surface area contributed by atoms with Gasteiger partial charge < -0.3 is 5.11 Å². The van der Waals surface area contributed by atoms with Crippen molar-refractivity contribution < 1.29 is 18.1 Å². The minimum Gasteiger partial charge on any atom is -0.371 e. The topological polar surface area (TPSA) is 74.6 Å². The van der Waals surface area contributed by atoms with Crippen LogP contribution in [0.15, 0.2) is 24.3 Å². The molecule has 0 heterocycles. The van der Waals surface area contributed by atoms with E-state index < -0.39 is 15.6 Å². The van der Waals surface area contributed by atoms with Crippen LogP contribution in [-0.2, 0) is 10.1 Å². The largest absolute Gasteiger partial charge is 0.371 e. The van der Waals surface area contributed by atoms with E-state index in [0.717, 1.165) is 18.4 Å². The summed E-state index contributed by atoms with van der Waals surface area (Å²) in [5, 5.41) is 9.35. The maximum absolute atomic E-state index is 10.7. The van der Waals surface area contributed by atoms with Crippen molar-refractivity contribution in [1.82, 2.24) is 0 Å². The van der Waals surface area contributed by atoms with Crippen molar-refractivity contribution in [3.8, 4) is 0 Å². The van der Waals surface area contributed by atoms with Crippen molar-refractivity contribution >= 4 is 10.1 Å². The van der Waals surface area contributed by atoms with Gasteiger partial charge in [-0.1, -0.05) is 24.3 Å². The highest BCUT2D eigenvalue weighted by molar-refractivity contribution is 7.85. The Hall–Kier alpha value is -0.910. The molecular formula is C10H12O4S. The van der Waals surface area contributed by atoms with Gasteiger partial charge in [0, 0.05) is 0 Å². The average Bonchev–Trinajstić information content (AvgIpc) is 2.98. The predicted octanol–water partition coefficient (Wildman–Crippen LogP) is 1.44. The molecule has 4 nitrogen and oxygen atoms in total. The lowest BCUT2D eigenvalue weighted by Gasteiger charge is -2.08. The third kappa shape index (κ3) is 2.37. The molecule has 1 fully saturated rings. The van der Waals surface area contributed by atoms with Crippen molar-refractivity contribution in [3.05, 3.63) is 35.4 Å². The minimum absolute atomic E-state index is 0.224. The maximum Gasteiger partial charge on any atom is 0.296 e. The Bertz CT molecular complexity index is 462.